The molecule has 0 bridgehead atoms. The minimum Gasteiger partial charge on any atom is -0.872 e. The van der Waals surface area contributed by atoms with E-state index in [1.807, 2.05) is 6.92 Å². The van der Waals surface area contributed by atoms with Crippen LogP contribution in [0.15, 0.2) is 57.4 Å². The van der Waals surface area contributed by atoms with Crippen LogP contribution in [0.4, 0.5) is 0 Å². The van der Waals surface area contributed by atoms with E-state index in [1.54, 1.807) is 0 Å². The third-order valence-corrected chi connectivity index (χ3v) is 5.91. The Morgan fingerprint density at radius 2 is 1.62 bits per heavy atom. The number of rotatable bonds is 8. The van der Waals surface area contributed by atoms with Gasteiger partial charge >= 0.3 is 5.97 Å². The third-order valence-electron chi connectivity index (χ3n) is 5.91. The molecule has 0 unspecified atom stereocenters. The molecule has 1 aliphatic carbocycles. The van der Waals surface area contributed by atoms with Gasteiger partial charge in [0.25, 0.3) is 0 Å². The van der Waals surface area contributed by atoms with E-state index in [0.29, 0.717) is 12.0 Å². The first-order valence-electron chi connectivity index (χ1n) is 10.4. The Morgan fingerprint density at radius 1 is 1.03 bits per heavy atom. The van der Waals surface area contributed by atoms with Crippen molar-refractivity contribution in [1.29, 1.82) is 0 Å². The van der Waals surface area contributed by atoms with Crippen LogP contribution >= 0.6 is 0 Å². The molecule has 0 aromatic rings. The highest BCUT2D eigenvalue weighted by Gasteiger charge is 2.46. The summed E-state index contributed by atoms with van der Waals surface area (Å²) in [5.41, 5.74) is 3.82. The monoisotopic (exact) mass is 397 g/mol. The van der Waals surface area contributed by atoms with Crippen LogP contribution in [0.2, 0.25) is 0 Å². The molecule has 4 heteroatoms. The fraction of sp³-hybridized carbons (Fsp3) is 0.520. The molecule has 0 fully saturated rings. The standard InChI is InChI=1S/C25H34O4/c1-16(2)9-7-10-17(3)11-8-12-18(4)13-14-25(6)20-15-29-24(28)21(20)22(26)19(5)23(25)27/h9,11,13,26H,7-8,10,12,14-15H2,1-6H3/p-1/b17-11+,18-13+/t25-/m1/s1. The van der Waals surface area contributed by atoms with Gasteiger partial charge in [-0.3, -0.25) is 4.79 Å². The second kappa shape index (κ2) is 9.43. The number of hydrogen-bond donors (Lipinski definition) is 0. The summed E-state index contributed by atoms with van der Waals surface area (Å²) in [7, 11) is 0. The van der Waals surface area contributed by atoms with Crippen LogP contribution in [-0.4, -0.2) is 18.4 Å². The van der Waals surface area contributed by atoms with E-state index >= 15 is 0 Å². The summed E-state index contributed by atoms with van der Waals surface area (Å²) in [4.78, 5) is 24.8. The molecule has 1 atom stereocenters. The lowest BCUT2D eigenvalue weighted by Crippen LogP contribution is -2.37. The number of cyclic esters (lactones) is 1. The predicted octanol–water partition coefficient (Wildman–Crippen LogP) is 4.87. The second-order valence-corrected chi connectivity index (χ2v) is 8.71. The highest BCUT2D eigenvalue weighted by Crippen LogP contribution is 2.45. The Morgan fingerprint density at radius 3 is 2.24 bits per heavy atom. The molecule has 1 aliphatic heterocycles. The molecule has 0 N–H and O–H groups in total. The molecule has 0 spiro atoms. The molecule has 29 heavy (non-hydrogen) atoms. The van der Waals surface area contributed by atoms with Gasteiger partial charge in [0.1, 0.15) is 6.61 Å². The van der Waals surface area contributed by atoms with Crippen molar-refractivity contribution in [3.63, 3.8) is 0 Å². The Bertz CT molecular complexity index is 844. The van der Waals surface area contributed by atoms with E-state index in [2.05, 4.69) is 45.9 Å². The van der Waals surface area contributed by atoms with Crippen LogP contribution in [0.1, 0.15) is 73.6 Å². The zero-order valence-electron chi connectivity index (χ0n) is 18.6. The molecule has 1 heterocycles. The van der Waals surface area contributed by atoms with Gasteiger partial charge in [0.05, 0.1) is 11.0 Å². The van der Waals surface area contributed by atoms with Crippen molar-refractivity contribution in [2.45, 2.75) is 73.6 Å². The van der Waals surface area contributed by atoms with E-state index in [9.17, 15) is 14.7 Å². The molecule has 2 rings (SSSR count). The summed E-state index contributed by atoms with van der Waals surface area (Å²) in [6.07, 6.45) is 11.1. The SMILES string of the molecule is CC(C)=CCC/C(C)=C/CC/C(C)=C/C[C@@]1(C)C(=O)C(C)=C([O-])C2=C1COC2=O. The molecular formula is C25H33O4-. The summed E-state index contributed by atoms with van der Waals surface area (Å²) >= 11 is 0. The van der Waals surface area contributed by atoms with Gasteiger partial charge in [0.15, 0.2) is 5.78 Å². The normalized spacial score (nSPS) is 22.8. The van der Waals surface area contributed by atoms with Crippen molar-refractivity contribution in [2.75, 3.05) is 6.61 Å². The Kier molecular flexibility index (Phi) is 7.45. The average molecular weight is 398 g/mol. The van der Waals surface area contributed by atoms with Crippen LogP contribution in [0.3, 0.4) is 0 Å². The van der Waals surface area contributed by atoms with Gasteiger partial charge in [0.2, 0.25) is 0 Å². The molecule has 0 aromatic heterocycles. The van der Waals surface area contributed by atoms with Crippen LogP contribution in [-0.2, 0) is 14.3 Å². The van der Waals surface area contributed by atoms with Crippen LogP contribution in [0.25, 0.3) is 0 Å². The van der Waals surface area contributed by atoms with Crippen LogP contribution in [0, 0.1) is 5.41 Å². The van der Waals surface area contributed by atoms with Crippen LogP contribution < -0.4 is 5.11 Å². The second-order valence-electron chi connectivity index (χ2n) is 8.71. The van der Waals surface area contributed by atoms with Gasteiger partial charge in [-0.2, -0.15) is 0 Å². The molecule has 0 saturated heterocycles. The summed E-state index contributed by atoms with van der Waals surface area (Å²) in [6, 6.07) is 0. The first kappa shape index (κ1) is 22.9. The molecule has 0 amide bonds. The summed E-state index contributed by atoms with van der Waals surface area (Å²) in [5.74, 6) is -1.27. The largest absolute Gasteiger partial charge is 0.872 e. The minimum atomic E-state index is -0.878. The van der Waals surface area contributed by atoms with Crippen LogP contribution in [0.5, 0.6) is 0 Å². The molecule has 0 aromatic carbocycles. The van der Waals surface area contributed by atoms with Crippen molar-refractivity contribution < 1.29 is 19.4 Å². The summed E-state index contributed by atoms with van der Waals surface area (Å²) < 4.78 is 5.08. The minimum absolute atomic E-state index is 0.0376. The number of ketones is 1. The molecule has 158 valence electrons. The predicted molar refractivity (Wildman–Crippen MR) is 114 cm³/mol. The van der Waals surface area contributed by atoms with Gasteiger partial charge in [-0.15, -0.1) is 0 Å². The summed E-state index contributed by atoms with van der Waals surface area (Å²) in [6.45, 7) is 11.8. The lowest BCUT2D eigenvalue weighted by molar-refractivity contribution is -0.299. The number of Topliss-reactive ketones (excluding diaryl/α,β-unsaturated/α-hetero) is 1. The zero-order chi connectivity index (χ0) is 21.8. The van der Waals surface area contributed by atoms with E-state index in [1.165, 1.54) is 23.6 Å². The quantitative estimate of drug-likeness (QED) is 0.433. The van der Waals surface area contributed by atoms with Gasteiger partial charge in [-0.25, -0.2) is 4.79 Å². The third kappa shape index (κ3) is 5.17. The lowest BCUT2D eigenvalue weighted by atomic mass is 9.68. The van der Waals surface area contributed by atoms with Gasteiger partial charge in [-0.1, -0.05) is 40.7 Å². The first-order valence-corrected chi connectivity index (χ1v) is 10.4. The smallest absolute Gasteiger partial charge is 0.337 e. The summed E-state index contributed by atoms with van der Waals surface area (Å²) in [5, 5.41) is 12.3. The van der Waals surface area contributed by atoms with E-state index < -0.39 is 17.1 Å². The van der Waals surface area contributed by atoms with Gasteiger partial charge in [-0.05, 0) is 84.8 Å². The van der Waals surface area contributed by atoms with Gasteiger partial charge < -0.3 is 9.84 Å². The maximum atomic E-state index is 12.9. The fourth-order valence-corrected chi connectivity index (χ4v) is 3.84. The number of ether oxygens (including phenoxy) is 1. The Labute approximate surface area is 174 Å². The number of carbonyl (C=O) groups is 2. The lowest BCUT2D eigenvalue weighted by Gasteiger charge is -2.35. The maximum Gasteiger partial charge on any atom is 0.337 e. The zero-order valence-corrected chi connectivity index (χ0v) is 18.6. The van der Waals surface area contributed by atoms with E-state index in [-0.39, 0.29) is 23.5 Å². The van der Waals surface area contributed by atoms with Crippen molar-refractivity contribution in [2.24, 2.45) is 5.41 Å². The van der Waals surface area contributed by atoms with Gasteiger partial charge in [0, 0.05) is 0 Å². The average Bonchev–Trinajstić information content (AvgIpc) is 3.05. The van der Waals surface area contributed by atoms with E-state index in [4.69, 9.17) is 4.74 Å². The molecule has 0 radical (unpaired) electrons. The first-order chi connectivity index (χ1) is 13.6. The molecule has 2 aliphatic rings. The van der Waals surface area contributed by atoms with Crippen molar-refractivity contribution in [3.05, 3.63) is 57.4 Å². The topological polar surface area (TPSA) is 66.4 Å². The molecule has 0 saturated carbocycles. The highest BCUT2D eigenvalue weighted by molar-refractivity contribution is 6.10. The van der Waals surface area contributed by atoms with Crippen molar-refractivity contribution in [3.8, 4) is 0 Å². The number of hydrogen-bond acceptors (Lipinski definition) is 4. The fourth-order valence-electron chi connectivity index (χ4n) is 3.84. The molecular weight excluding hydrogens is 364 g/mol. The van der Waals surface area contributed by atoms with Crippen molar-refractivity contribution in [1.82, 2.24) is 0 Å². The Balaban J connectivity index is 2.03. The number of esters is 1. The van der Waals surface area contributed by atoms with E-state index in [0.717, 1.165) is 25.7 Å². The Hall–Kier alpha value is -2.36. The maximum absolute atomic E-state index is 12.9. The number of allylic oxidation sites excluding steroid dienone is 7. The molecule has 4 nitrogen and oxygen atoms in total. The highest BCUT2D eigenvalue weighted by atomic mass is 16.5. The number of carbonyl (C=O) groups excluding carboxylic acids is 2. The van der Waals surface area contributed by atoms with Crippen molar-refractivity contribution >= 4 is 11.8 Å².